The molecule has 0 bridgehead atoms. The molecule has 0 unspecified atom stereocenters. The third kappa shape index (κ3) is 5.60. The first-order valence-corrected chi connectivity index (χ1v) is 6.16. The van der Waals surface area contributed by atoms with E-state index in [0.29, 0.717) is 13.0 Å². The molecule has 15 heavy (non-hydrogen) atoms. The zero-order valence-electron chi connectivity index (χ0n) is 9.76. The molecule has 1 aliphatic carbocycles. The van der Waals surface area contributed by atoms with Gasteiger partial charge in [-0.2, -0.15) is 0 Å². The van der Waals surface area contributed by atoms with Crippen LogP contribution in [0.25, 0.3) is 0 Å². The van der Waals surface area contributed by atoms with Crippen LogP contribution in [0.5, 0.6) is 0 Å². The average molecular weight is 210 g/mol. The maximum Gasteiger partial charge on any atom is 0.306 e. The summed E-state index contributed by atoms with van der Waals surface area (Å²) in [6, 6.07) is 0. The summed E-state index contributed by atoms with van der Waals surface area (Å²) < 4.78 is 4.92. The van der Waals surface area contributed by atoms with Gasteiger partial charge in [-0.1, -0.05) is 24.5 Å². The van der Waals surface area contributed by atoms with Gasteiger partial charge in [0, 0.05) is 6.42 Å². The molecule has 2 nitrogen and oxygen atoms in total. The van der Waals surface area contributed by atoms with Gasteiger partial charge in [-0.3, -0.25) is 4.79 Å². The van der Waals surface area contributed by atoms with E-state index in [0.717, 1.165) is 6.42 Å². The standard InChI is InChI=1S/C13H22O2/c1-2-15-13(14)11-10-12-8-6-4-3-5-7-9-12/h8H,2-7,9-11H2,1H3/b12-8+. The lowest BCUT2D eigenvalue weighted by atomic mass is 9.97. The van der Waals surface area contributed by atoms with Crippen LogP contribution in [-0.2, 0) is 9.53 Å². The number of allylic oxidation sites excluding steroid dienone is 2. The van der Waals surface area contributed by atoms with Crippen LogP contribution in [0.3, 0.4) is 0 Å². The van der Waals surface area contributed by atoms with Crippen LogP contribution in [0.2, 0.25) is 0 Å². The van der Waals surface area contributed by atoms with Crippen molar-refractivity contribution >= 4 is 5.97 Å². The Morgan fingerprint density at radius 2 is 2.13 bits per heavy atom. The molecule has 0 aromatic rings. The third-order valence-electron chi connectivity index (χ3n) is 2.84. The molecule has 1 aliphatic rings. The summed E-state index contributed by atoms with van der Waals surface area (Å²) in [5.41, 5.74) is 1.46. The Kier molecular flexibility index (Phi) is 6.14. The second-order valence-corrected chi connectivity index (χ2v) is 4.12. The summed E-state index contributed by atoms with van der Waals surface area (Å²) in [5, 5.41) is 0. The first-order valence-electron chi connectivity index (χ1n) is 6.16. The van der Waals surface area contributed by atoms with Crippen LogP contribution in [0, 0.1) is 0 Å². The number of hydrogen-bond acceptors (Lipinski definition) is 2. The highest BCUT2D eigenvalue weighted by molar-refractivity contribution is 5.69. The van der Waals surface area contributed by atoms with Crippen LogP contribution in [0.15, 0.2) is 11.6 Å². The van der Waals surface area contributed by atoms with Crippen molar-refractivity contribution in [2.75, 3.05) is 6.61 Å². The maximum atomic E-state index is 11.2. The van der Waals surface area contributed by atoms with E-state index in [9.17, 15) is 4.79 Å². The summed E-state index contributed by atoms with van der Waals surface area (Å²) >= 11 is 0. The topological polar surface area (TPSA) is 26.3 Å². The van der Waals surface area contributed by atoms with Gasteiger partial charge < -0.3 is 4.74 Å². The average Bonchev–Trinajstić information content (AvgIpc) is 2.16. The van der Waals surface area contributed by atoms with E-state index in [1.165, 1.54) is 44.1 Å². The molecule has 2 heteroatoms. The highest BCUT2D eigenvalue weighted by atomic mass is 16.5. The summed E-state index contributed by atoms with van der Waals surface area (Å²) in [5.74, 6) is -0.0551. The van der Waals surface area contributed by atoms with Crippen LogP contribution >= 0.6 is 0 Å². The van der Waals surface area contributed by atoms with Crippen molar-refractivity contribution in [3.8, 4) is 0 Å². The second-order valence-electron chi connectivity index (χ2n) is 4.12. The monoisotopic (exact) mass is 210 g/mol. The lowest BCUT2D eigenvalue weighted by Crippen LogP contribution is -2.04. The SMILES string of the molecule is CCOC(=O)CC/C1=C/CCCCCC1. The minimum atomic E-state index is -0.0551. The lowest BCUT2D eigenvalue weighted by molar-refractivity contribution is -0.143. The van der Waals surface area contributed by atoms with E-state index in [4.69, 9.17) is 4.74 Å². The summed E-state index contributed by atoms with van der Waals surface area (Å²) in [7, 11) is 0. The number of carbonyl (C=O) groups is 1. The fraction of sp³-hybridized carbons (Fsp3) is 0.769. The quantitative estimate of drug-likeness (QED) is 0.523. The van der Waals surface area contributed by atoms with Crippen LogP contribution < -0.4 is 0 Å². The highest BCUT2D eigenvalue weighted by Gasteiger charge is 2.06. The van der Waals surface area contributed by atoms with Gasteiger partial charge in [0.05, 0.1) is 6.61 Å². The predicted molar refractivity (Wildman–Crippen MR) is 61.7 cm³/mol. The minimum Gasteiger partial charge on any atom is -0.466 e. The van der Waals surface area contributed by atoms with E-state index in [2.05, 4.69) is 6.08 Å². The van der Waals surface area contributed by atoms with Gasteiger partial charge in [0.1, 0.15) is 0 Å². The molecule has 0 spiro atoms. The molecule has 0 saturated carbocycles. The first kappa shape index (κ1) is 12.3. The minimum absolute atomic E-state index is 0.0551. The molecule has 0 aromatic heterocycles. The van der Waals surface area contributed by atoms with E-state index >= 15 is 0 Å². The first-order chi connectivity index (χ1) is 7.33. The molecule has 0 heterocycles. The summed E-state index contributed by atoms with van der Waals surface area (Å²) in [4.78, 5) is 11.2. The largest absolute Gasteiger partial charge is 0.466 e. The molecule has 0 aromatic carbocycles. The van der Waals surface area contributed by atoms with E-state index in [1.54, 1.807) is 0 Å². The molecule has 86 valence electrons. The number of ether oxygens (including phenoxy) is 1. The number of esters is 1. The third-order valence-corrected chi connectivity index (χ3v) is 2.84. The number of carbonyl (C=O) groups excluding carboxylic acids is 1. The maximum absolute atomic E-state index is 11.2. The lowest BCUT2D eigenvalue weighted by Gasteiger charge is -2.10. The Hall–Kier alpha value is -0.790. The smallest absolute Gasteiger partial charge is 0.306 e. The molecule has 0 radical (unpaired) electrons. The van der Waals surface area contributed by atoms with Crippen LogP contribution in [-0.4, -0.2) is 12.6 Å². The Bertz CT molecular complexity index is 219. The van der Waals surface area contributed by atoms with Crippen molar-refractivity contribution < 1.29 is 9.53 Å². The van der Waals surface area contributed by atoms with Crippen molar-refractivity contribution in [1.29, 1.82) is 0 Å². The van der Waals surface area contributed by atoms with Gasteiger partial charge in [-0.25, -0.2) is 0 Å². The Morgan fingerprint density at radius 1 is 1.33 bits per heavy atom. The molecule has 0 atom stereocenters. The van der Waals surface area contributed by atoms with Gasteiger partial charge in [-0.15, -0.1) is 0 Å². The molecule has 0 aliphatic heterocycles. The van der Waals surface area contributed by atoms with Crippen molar-refractivity contribution in [1.82, 2.24) is 0 Å². The molecular formula is C13H22O2. The van der Waals surface area contributed by atoms with Gasteiger partial charge in [0.25, 0.3) is 0 Å². The molecule has 0 N–H and O–H groups in total. The molecule has 1 rings (SSSR count). The van der Waals surface area contributed by atoms with Gasteiger partial charge >= 0.3 is 5.97 Å². The number of rotatable bonds is 4. The summed E-state index contributed by atoms with van der Waals surface area (Å²) in [6.07, 6.45) is 11.5. The predicted octanol–water partition coefficient (Wildman–Crippen LogP) is 3.61. The van der Waals surface area contributed by atoms with Crippen LogP contribution in [0.1, 0.15) is 58.3 Å². The van der Waals surface area contributed by atoms with Crippen LogP contribution in [0.4, 0.5) is 0 Å². The van der Waals surface area contributed by atoms with Crippen molar-refractivity contribution in [2.24, 2.45) is 0 Å². The fourth-order valence-electron chi connectivity index (χ4n) is 1.98. The number of hydrogen-bond donors (Lipinski definition) is 0. The Morgan fingerprint density at radius 3 is 2.93 bits per heavy atom. The summed E-state index contributed by atoms with van der Waals surface area (Å²) in [6.45, 7) is 2.35. The second kappa shape index (κ2) is 7.49. The highest BCUT2D eigenvalue weighted by Crippen LogP contribution is 2.20. The fourth-order valence-corrected chi connectivity index (χ4v) is 1.98. The van der Waals surface area contributed by atoms with Crippen molar-refractivity contribution in [3.63, 3.8) is 0 Å². The van der Waals surface area contributed by atoms with E-state index in [1.807, 2.05) is 6.92 Å². The van der Waals surface area contributed by atoms with E-state index < -0.39 is 0 Å². The van der Waals surface area contributed by atoms with E-state index in [-0.39, 0.29) is 5.97 Å². The molecule has 0 amide bonds. The Balaban J connectivity index is 2.25. The van der Waals surface area contributed by atoms with Gasteiger partial charge in [0.15, 0.2) is 0 Å². The van der Waals surface area contributed by atoms with Gasteiger partial charge in [0.2, 0.25) is 0 Å². The normalized spacial score (nSPS) is 21.0. The van der Waals surface area contributed by atoms with Crippen molar-refractivity contribution in [2.45, 2.75) is 58.3 Å². The zero-order chi connectivity index (χ0) is 10.9. The van der Waals surface area contributed by atoms with Crippen molar-refractivity contribution in [3.05, 3.63) is 11.6 Å². The molecule has 0 saturated heterocycles. The zero-order valence-corrected chi connectivity index (χ0v) is 9.76. The van der Waals surface area contributed by atoms with Gasteiger partial charge in [-0.05, 0) is 39.0 Å². The molecular weight excluding hydrogens is 188 g/mol. The molecule has 0 fully saturated rings. The Labute approximate surface area is 92.7 Å².